The summed E-state index contributed by atoms with van der Waals surface area (Å²) in [4.78, 5) is 24.8. The first-order chi connectivity index (χ1) is 12.9. The Balaban J connectivity index is 1.99. The van der Waals surface area contributed by atoms with Gasteiger partial charge in [-0.2, -0.15) is 5.10 Å². The van der Waals surface area contributed by atoms with E-state index < -0.39 is 11.9 Å². The molecule has 0 saturated carbocycles. The fourth-order valence-electron chi connectivity index (χ4n) is 2.30. The van der Waals surface area contributed by atoms with Crippen LogP contribution >= 0.6 is 0 Å². The molecule has 0 fully saturated rings. The lowest BCUT2D eigenvalue weighted by Crippen LogP contribution is -2.48. The molecule has 2 amide bonds. The van der Waals surface area contributed by atoms with E-state index in [1.54, 1.807) is 43.5 Å². The van der Waals surface area contributed by atoms with Gasteiger partial charge in [-0.3, -0.25) is 9.59 Å². The number of carbonyl (C=O) groups excluding carboxylic acids is 2. The minimum Gasteiger partial charge on any atom is -0.508 e. The van der Waals surface area contributed by atoms with Crippen molar-refractivity contribution in [3.8, 4) is 11.5 Å². The number of benzene rings is 2. The van der Waals surface area contributed by atoms with Crippen LogP contribution in [0.25, 0.3) is 0 Å². The second-order valence-electron chi connectivity index (χ2n) is 6.25. The summed E-state index contributed by atoms with van der Waals surface area (Å²) in [5, 5.41) is 15.9. The van der Waals surface area contributed by atoms with Gasteiger partial charge in [0.25, 0.3) is 11.8 Å². The molecule has 0 heterocycles. The fraction of sp³-hybridized carbons (Fsp3) is 0.250. The van der Waals surface area contributed by atoms with E-state index in [9.17, 15) is 14.7 Å². The summed E-state index contributed by atoms with van der Waals surface area (Å²) < 4.78 is 5.07. The maximum atomic E-state index is 12.4. The highest BCUT2D eigenvalue weighted by Gasteiger charge is 2.24. The zero-order valence-corrected chi connectivity index (χ0v) is 15.5. The van der Waals surface area contributed by atoms with Crippen LogP contribution in [0.15, 0.2) is 53.6 Å². The van der Waals surface area contributed by atoms with E-state index in [4.69, 9.17) is 4.74 Å². The molecular formula is C20H23N3O4. The lowest BCUT2D eigenvalue weighted by molar-refractivity contribution is -0.123. The van der Waals surface area contributed by atoms with Crippen LogP contribution in [0.2, 0.25) is 0 Å². The highest BCUT2D eigenvalue weighted by atomic mass is 16.5. The van der Waals surface area contributed by atoms with Crippen molar-refractivity contribution in [1.82, 2.24) is 10.7 Å². The lowest BCUT2D eigenvalue weighted by Gasteiger charge is -2.20. The molecule has 7 heteroatoms. The van der Waals surface area contributed by atoms with Gasteiger partial charge in [0.15, 0.2) is 0 Å². The third-order valence-electron chi connectivity index (χ3n) is 3.87. The van der Waals surface area contributed by atoms with Gasteiger partial charge in [-0.15, -0.1) is 0 Å². The average Bonchev–Trinajstić information content (AvgIpc) is 2.67. The van der Waals surface area contributed by atoms with Crippen LogP contribution in [-0.2, 0) is 4.79 Å². The van der Waals surface area contributed by atoms with Gasteiger partial charge in [-0.25, -0.2) is 5.43 Å². The highest BCUT2D eigenvalue weighted by molar-refractivity contribution is 5.97. The number of hydrogen-bond donors (Lipinski definition) is 3. The maximum absolute atomic E-state index is 12.4. The normalized spacial score (nSPS) is 12.0. The predicted molar refractivity (Wildman–Crippen MR) is 103 cm³/mol. The Morgan fingerprint density at radius 3 is 2.26 bits per heavy atom. The Morgan fingerprint density at radius 2 is 1.70 bits per heavy atom. The molecule has 0 aliphatic rings. The second-order valence-corrected chi connectivity index (χ2v) is 6.25. The first-order valence-corrected chi connectivity index (χ1v) is 8.47. The lowest BCUT2D eigenvalue weighted by atomic mass is 10.0. The number of phenolic OH excluding ortho intramolecular Hbond substituents is 1. The molecule has 0 aromatic heterocycles. The van der Waals surface area contributed by atoms with Gasteiger partial charge >= 0.3 is 0 Å². The maximum Gasteiger partial charge on any atom is 0.262 e. The minimum atomic E-state index is -0.739. The summed E-state index contributed by atoms with van der Waals surface area (Å²) in [6, 6.07) is 12.3. The van der Waals surface area contributed by atoms with Crippen LogP contribution in [-0.4, -0.2) is 36.3 Å². The van der Waals surface area contributed by atoms with Crippen LogP contribution in [0, 0.1) is 5.92 Å². The van der Waals surface area contributed by atoms with Crippen molar-refractivity contribution in [1.29, 1.82) is 0 Å². The molecule has 0 aliphatic carbocycles. The zero-order chi connectivity index (χ0) is 19.8. The SMILES string of the molecule is COc1ccc(C(=O)NC(C(=O)N/N=C/c2ccc(O)cc2)C(C)C)cc1. The summed E-state index contributed by atoms with van der Waals surface area (Å²) in [6.07, 6.45) is 1.46. The molecule has 0 saturated heterocycles. The Bertz CT molecular complexity index is 799. The predicted octanol–water partition coefficient (Wildman–Crippen LogP) is 2.31. The molecule has 2 aromatic rings. The quantitative estimate of drug-likeness (QED) is 0.515. The molecule has 27 heavy (non-hydrogen) atoms. The molecule has 1 atom stereocenters. The van der Waals surface area contributed by atoms with Crippen LogP contribution in [0.4, 0.5) is 0 Å². The van der Waals surface area contributed by atoms with Gasteiger partial charge < -0.3 is 15.2 Å². The molecule has 0 radical (unpaired) electrons. The molecular weight excluding hydrogens is 346 g/mol. The van der Waals surface area contributed by atoms with Crippen molar-refractivity contribution in [2.45, 2.75) is 19.9 Å². The summed E-state index contributed by atoms with van der Waals surface area (Å²) >= 11 is 0. The van der Waals surface area contributed by atoms with Crippen molar-refractivity contribution in [3.63, 3.8) is 0 Å². The molecule has 142 valence electrons. The minimum absolute atomic E-state index is 0.129. The molecule has 1 unspecified atom stereocenters. The van der Waals surface area contributed by atoms with E-state index in [0.29, 0.717) is 11.3 Å². The number of ether oxygens (including phenoxy) is 1. The number of phenols is 1. The van der Waals surface area contributed by atoms with Crippen LogP contribution < -0.4 is 15.5 Å². The number of methoxy groups -OCH3 is 1. The van der Waals surface area contributed by atoms with E-state index in [1.807, 2.05) is 13.8 Å². The average molecular weight is 369 g/mol. The van der Waals surface area contributed by atoms with Crippen LogP contribution in [0.5, 0.6) is 11.5 Å². The fourth-order valence-corrected chi connectivity index (χ4v) is 2.30. The zero-order valence-electron chi connectivity index (χ0n) is 15.5. The molecule has 0 spiro atoms. The van der Waals surface area contributed by atoms with E-state index in [-0.39, 0.29) is 17.6 Å². The number of amides is 2. The molecule has 7 nitrogen and oxygen atoms in total. The van der Waals surface area contributed by atoms with Gasteiger partial charge in [0.2, 0.25) is 0 Å². The van der Waals surface area contributed by atoms with Crippen LogP contribution in [0.1, 0.15) is 29.8 Å². The molecule has 2 rings (SSSR count). The standard InChI is InChI=1S/C20H23N3O4/c1-13(2)18(22-19(25)15-6-10-17(27-3)11-7-15)20(26)23-21-12-14-4-8-16(24)9-5-14/h4-13,18,24H,1-3H3,(H,22,25)(H,23,26)/b21-12+. The number of nitrogens with one attached hydrogen (secondary N) is 2. The van der Waals surface area contributed by atoms with Crippen molar-refractivity contribution < 1.29 is 19.4 Å². The van der Waals surface area contributed by atoms with Crippen molar-refractivity contribution in [2.24, 2.45) is 11.0 Å². The van der Waals surface area contributed by atoms with Crippen molar-refractivity contribution >= 4 is 18.0 Å². The Hall–Kier alpha value is -3.35. The number of hydrogen-bond acceptors (Lipinski definition) is 5. The topological polar surface area (TPSA) is 100 Å². The Morgan fingerprint density at radius 1 is 1.07 bits per heavy atom. The molecule has 3 N–H and O–H groups in total. The number of aromatic hydroxyl groups is 1. The molecule has 2 aromatic carbocycles. The van der Waals surface area contributed by atoms with E-state index in [0.717, 1.165) is 5.56 Å². The smallest absolute Gasteiger partial charge is 0.262 e. The number of hydrazone groups is 1. The third-order valence-corrected chi connectivity index (χ3v) is 3.87. The monoisotopic (exact) mass is 369 g/mol. The third kappa shape index (κ3) is 5.85. The van der Waals surface area contributed by atoms with Gasteiger partial charge in [-0.05, 0) is 60.0 Å². The summed E-state index contributed by atoms with van der Waals surface area (Å²) in [7, 11) is 1.55. The summed E-state index contributed by atoms with van der Waals surface area (Å²) in [6.45, 7) is 3.67. The van der Waals surface area contributed by atoms with Gasteiger partial charge in [0.1, 0.15) is 17.5 Å². The molecule has 0 aliphatic heterocycles. The first kappa shape index (κ1) is 20.0. The molecule has 0 bridgehead atoms. The van der Waals surface area contributed by atoms with Crippen molar-refractivity contribution in [3.05, 3.63) is 59.7 Å². The number of nitrogens with zero attached hydrogens (tertiary/aromatic N) is 1. The van der Waals surface area contributed by atoms with Gasteiger partial charge in [0, 0.05) is 5.56 Å². The van der Waals surface area contributed by atoms with Crippen molar-refractivity contribution in [2.75, 3.05) is 7.11 Å². The number of carbonyl (C=O) groups is 2. The van der Waals surface area contributed by atoms with E-state index in [1.165, 1.54) is 18.3 Å². The van der Waals surface area contributed by atoms with E-state index >= 15 is 0 Å². The van der Waals surface area contributed by atoms with E-state index in [2.05, 4.69) is 15.8 Å². The Labute approximate surface area is 158 Å². The number of rotatable bonds is 7. The second kappa shape index (κ2) is 9.38. The largest absolute Gasteiger partial charge is 0.508 e. The van der Waals surface area contributed by atoms with Crippen LogP contribution in [0.3, 0.4) is 0 Å². The first-order valence-electron chi connectivity index (χ1n) is 8.47. The van der Waals surface area contributed by atoms with Gasteiger partial charge in [0.05, 0.1) is 13.3 Å². The van der Waals surface area contributed by atoms with Gasteiger partial charge in [-0.1, -0.05) is 13.8 Å². The Kier molecular flexibility index (Phi) is 6.93. The summed E-state index contributed by atoms with van der Waals surface area (Å²) in [5.74, 6) is -0.0995. The summed E-state index contributed by atoms with van der Waals surface area (Å²) in [5.41, 5.74) is 3.59. The highest BCUT2D eigenvalue weighted by Crippen LogP contribution is 2.12.